The number of hydrogen-bond acceptors (Lipinski definition) is 2. The molecule has 1 aromatic carbocycles. The van der Waals surface area contributed by atoms with Gasteiger partial charge < -0.3 is 11.1 Å². The van der Waals surface area contributed by atoms with Crippen molar-refractivity contribution in [3.63, 3.8) is 0 Å². The maximum atomic E-state index is 12.4. The number of nitrogens with one attached hydrogen (secondary N) is 1. The van der Waals surface area contributed by atoms with Gasteiger partial charge in [-0.25, -0.2) is 0 Å². The van der Waals surface area contributed by atoms with Crippen molar-refractivity contribution in [1.29, 1.82) is 0 Å². The average Bonchev–Trinajstić information content (AvgIpc) is 2.25. The molecule has 1 amide bonds. The Bertz CT molecular complexity index is 366. The van der Waals surface area contributed by atoms with E-state index in [1.807, 2.05) is 0 Å². The maximum Gasteiger partial charge on any atom is 0.416 e. The van der Waals surface area contributed by atoms with E-state index in [1.165, 1.54) is 12.1 Å². The number of alkyl halides is 3. The topological polar surface area (TPSA) is 55.1 Å². The third-order valence-electron chi connectivity index (χ3n) is 2.06. The molecule has 1 rings (SSSR count). The highest BCUT2D eigenvalue weighted by Gasteiger charge is 2.30. The summed E-state index contributed by atoms with van der Waals surface area (Å²) in [4.78, 5) is 10.0. The first-order valence-electron chi connectivity index (χ1n) is 4.55. The summed E-state index contributed by atoms with van der Waals surface area (Å²) in [5, 5.41) is 2.32. The van der Waals surface area contributed by atoms with Crippen molar-refractivity contribution < 1.29 is 18.0 Å². The van der Waals surface area contributed by atoms with E-state index < -0.39 is 17.8 Å². The Morgan fingerprint density at radius 1 is 1.41 bits per heavy atom. The monoisotopic (exact) mass is 248 g/mol. The Balaban J connectivity index is 0.00000256. The van der Waals surface area contributed by atoms with Gasteiger partial charge in [-0.1, -0.05) is 19.6 Å². The van der Waals surface area contributed by atoms with E-state index in [0.717, 1.165) is 12.1 Å². The van der Waals surface area contributed by atoms with Crippen LogP contribution in [0.3, 0.4) is 0 Å². The van der Waals surface area contributed by atoms with Crippen LogP contribution in [-0.2, 0) is 11.0 Å². The molecule has 0 heterocycles. The smallest absolute Gasteiger partial charge is 0.357 e. The molecule has 96 valence electrons. The van der Waals surface area contributed by atoms with Crippen LogP contribution < -0.4 is 11.1 Å². The number of halogens is 3. The number of nitrogens with two attached hydrogens (primary N) is 1. The lowest BCUT2D eigenvalue weighted by Crippen LogP contribution is -2.26. The van der Waals surface area contributed by atoms with E-state index in [0.29, 0.717) is 12.0 Å². The first-order valence-corrected chi connectivity index (χ1v) is 4.55. The molecule has 0 spiro atoms. The van der Waals surface area contributed by atoms with Crippen molar-refractivity contribution in [3.05, 3.63) is 35.4 Å². The summed E-state index contributed by atoms with van der Waals surface area (Å²) in [6.45, 7) is 0.102. The van der Waals surface area contributed by atoms with Crippen LogP contribution in [-0.4, -0.2) is 13.0 Å². The van der Waals surface area contributed by atoms with Crippen LogP contribution in [0.1, 0.15) is 24.6 Å². The number of amides is 1. The summed E-state index contributed by atoms with van der Waals surface area (Å²) in [6, 6.07) is 4.10. The third-order valence-corrected chi connectivity index (χ3v) is 2.06. The zero-order valence-electron chi connectivity index (χ0n) is 8.29. The molecule has 0 aliphatic rings. The largest absolute Gasteiger partial charge is 0.416 e. The van der Waals surface area contributed by atoms with Gasteiger partial charge in [0, 0.05) is 12.6 Å². The second kappa shape index (κ2) is 6.24. The van der Waals surface area contributed by atoms with Crippen LogP contribution >= 0.6 is 0 Å². The van der Waals surface area contributed by atoms with Gasteiger partial charge in [-0.15, -0.1) is 0 Å². The lowest BCUT2D eigenvalue weighted by Gasteiger charge is -2.13. The van der Waals surface area contributed by atoms with Gasteiger partial charge in [0.25, 0.3) is 0 Å². The molecule has 0 aliphatic heterocycles. The zero-order chi connectivity index (χ0) is 12.2. The predicted molar refractivity (Wildman–Crippen MR) is 59.2 cm³/mol. The second-order valence-electron chi connectivity index (χ2n) is 3.26. The van der Waals surface area contributed by atoms with Crippen LogP contribution in [0, 0.1) is 0 Å². The Hall–Kier alpha value is -1.56. The third kappa shape index (κ3) is 4.44. The molecular weight excluding hydrogens is 233 g/mol. The van der Waals surface area contributed by atoms with Crippen molar-refractivity contribution >= 4 is 6.41 Å². The molecule has 3 N–H and O–H groups in total. The molecule has 1 atom stereocenters. The fourth-order valence-corrected chi connectivity index (χ4v) is 1.24. The van der Waals surface area contributed by atoms with Gasteiger partial charge in [0.05, 0.1) is 5.56 Å². The van der Waals surface area contributed by atoms with Crippen LogP contribution in [0.5, 0.6) is 0 Å². The summed E-state index contributed by atoms with van der Waals surface area (Å²) >= 11 is 0. The van der Waals surface area contributed by atoms with Gasteiger partial charge in [0.15, 0.2) is 0 Å². The number of hydrogen-bond donors (Lipinski definition) is 2. The fourth-order valence-electron chi connectivity index (χ4n) is 1.24. The lowest BCUT2D eigenvalue weighted by molar-refractivity contribution is -0.137. The Labute approximate surface area is 97.8 Å². The molecule has 6 heteroatoms. The van der Waals surface area contributed by atoms with Crippen molar-refractivity contribution in [3.8, 4) is 0 Å². The van der Waals surface area contributed by atoms with Gasteiger partial charge in [-0.3, -0.25) is 4.79 Å². The van der Waals surface area contributed by atoms with Crippen molar-refractivity contribution in [2.24, 2.45) is 5.73 Å². The molecule has 1 unspecified atom stereocenters. The second-order valence-corrected chi connectivity index (χ2v) is 3.26. The molecule has 0 aliphatic carbocycles. The van der Waals surface area contributed by atoms with Crippen molar-refractivity contribution in [2.75, 3.05) is 6.54 Å². The van der Waals surface area contributed by atoms with Crippen molar-refractivity contribution in [1.82, 2.24) is 5.32 Å². The van der Waals surface area contributed by atoms with Crippen LogP contribution in [0.25, 0.3) is 0 Å². The van der Waals surface area contributed by atoms with Crippen LogP contribution in [0.2, 0.25) is 0 Å². The predicted octanol–water partition coefficient (Wildman–Crippen LogP) is 2.09. The van der Waals surface area contributed by atoms with Crippen LogP contribution in [0.4, 0.5) is 13.2 Å². The van der Waals surface area contributed by atoms with E-state index in [4.69, 9.17) is 5.73 Å². The summed E-state index contributed by atoms with van der Waals surface area (Å²) in [5.41, 5.74) is 5.20. The van der Waals surface area contributed by atoms with Gasteiger partial charge in [-0.05, 0) is 17.7 Å². The normalized spacial score (nSPS) is 12.5. The molecule has 0 saturated carbocycles. The van der Waals surface area contributed by atoms with Gasteiger partial charge >= 0.3 is 6.18 Å². The maximum absolute atomic E-state index is 12.4. The van der Waals surface area contributed by atoms with E-state index in [9.17, 15) is 18.0 Å². The Kier molecular flexibility index (Phi) is 5.67. The molecule has 17 heavy (non-hydrogen) atoms. The molecule has 0 radical (unpaired) electrons. The quantitative estimate of drug-likeness (QED) is 0.801. The van der Waals surface area contributed by atoms with Gasteiger partial charge in [-0.2, -0.15) is 13.2 Å². The summed E-state index contributed by atoms with van der Waals surface area (Å²) in [6.07, 6.45) is -3.93. The van der Waals surface area contributed by atoms with E-state index in [-0.39, 0.29) is 14.0 Å². The number of carbonyl (C=O) groups excluding carboxylic acids is 1. The molecule has 3 nitrogen and oxygen atoms in total. The first kappa shape index (κ1) is 15.4. The van der Waals surface area contributed by atoms with Crippen LogP contribution in [0.15, 0.2) is 24.3 Å². The van der Waals surface area contributed by atoms with Gasteiger partial charge in [0.1, 0.15) is 0 Å². The SMILES string of the molecule is C.NC(CNC=O)c1cccc(C(F)(F)F)c1. The summed E-state index contributed by atoms with van der Waals surface area (Å²) < 4.78 is 37.1. The Morgan fingerprint density at radius 2 is 2.06 bits per heavy atom. The molecule has 1 aromatic rings. The minimum absolute atomic E-state index is 0. The summed E-state index contributed by atoms with van der Waals surface area (Å²) in [5.74, 6) is 0. The van der Waals surface area contributed by atoms with E-state index in [1.54, 1.807) is 0 Å². The fraction of sp³-hybridized carbons (Fsp3) is 0.364. The number of benzene rings is 1. The highest BCUT2D eigenvalue weighted by Crippen LogP contribution is 2.30. The number of carbonyl (C=O) groups is 1. The molecule has 0 fully saturated rings. The molecule has 0 aromatic heterocycles. The Morgan fingerprint density at radius 3 is 2.59 bits per heavy atom. The highest BCUT2D eigenvalue weighted by atomic mass is 19.4. The first-order chi connectivity index (χ1) is 7.45. The van der Waals surface area contributed by atoms with E-state index in [2.05, 4.69) is 5.32 Å². The lowest BCUT2D eigenvalue weighted by atomic mass is 10.0. The summed E-state index contributed by atoms with van der Waals surface area (Å²) in [7, 11) is 0. The number of rotatable bonds is 4. The minimum Gasteiger partial charge on any atom is -0.357 e. The minimum atomic E-state index is -4.38. The standard InChI is InChI=1S/C10H11F3N2O.CH4/c11-10(12,13)8-3-1-2-7(4-8)9(14)5-15-6-16;/h1-4,6,9H,5,14H2,(H,15,16);1H4. The van der Waals surface area contributed by atoms with Gasteiger partial charge in [0.2, 0.25) is 6.41 Å². The molecule has 0 saturated heterocycles. The van der Waals surface area contributed by atoms with Crippen molar-refractivity contribution in [2.45, 2.75) is 19.6 Å². The zero-order valence-corrected chi connectivity index (χ0v) is 8.29. The molecule has 0 bridgehead atoms. The molecular formula is C11H15F3N2O. The highest BCUT2D eigenvalue weighted by molar-refractivity contribution is 5.46. The average molecular weight is 248 g/mol. The van der Waals surface area contributed by atoms with E-state index >= 15 is 0 Å².